The number of thiazole rings is 1. The minimum absolute atomic E-state index is 0.0829. The van der Waals surface area contributed by atoms with Gasteiger partial charge in [0.1, 0.15) is 5.75 Å². The van der Waals surface area contributed by atoms with Gasteiger partial charge in [-0.2, -0.15) is 0 Å². The summed E-state index contributed by atoms with van der Waals surface area (Å²) in [6.45, 7) is 2.58. The Kier molecular flexibility index (Phi) is 4.57. The molecule has 20 heavy (non-hydrogen) atoms. The fraction of sp³-hybridized carbons (Fsp3) is 0.286. The topological polar surface area (TPSA) is 68.5 Å². The second-order valence-corrected chi connectivity index (χ2v) is 4.93. The molecule has 0 aliphatic carbocycles. The second-order valence-electron chi connectivity index (χ2n) is 4.11. The monoisotopic (exact) mass is 293 g/mol. The highest BCUT2D eigenvalue weighted by Crippen LogP contribution is 2.30. The molecule has 0 radical (unpaired) electrons. The van der Waals surface area contributed by atoms with Gasteiger partial charge in [0.05, 0.1) is 18.7 Å². The summed E-state index contributed by atoms with van der Waals surface area (Å²) in [4.78, 5) is 22.4. The summed E-state index contributed by atoms with van der Waals surface area (Å²) >= 11 is 1.06. The lowest BCUT2D eigenvalue weighted by molar-refractivity contribution is -0.137. The Morgan fingerprint density at radius 2 is 2.15 bits per heavy atom. The van der Waals surface area contributed by atoms with Gasteiger partial charge in [-0.05, 0) is 19.1 Å². The van der Waals surface area contributed by atoms with Crippen LogP contribution in [0.1, 0.15) is 13.3 Å². The van der Waals surface area contributed by atoms with Gasteiger partial charge in [-0.25, -0.2) is 0 Å². The minimum atomic E-state index is -0.924. The zero-order valence-corrected chi connectivity index (χ0v) is 11.9. The summed E-state index contributed by atoms with van der Waals surface area (Å²) in [5.74, 6) is -0.232. The van der Waals surface area contributed by atoms with Crippen molar-refractivity contribution >= 4 is 17.3 Å². The van der Waals surface area contributed by atoms with E-state index in [4.69, 9.17) is 9.84 Å². The van der Waals surface area contributed by atoms with Crippen LogP contribution in [0.25, 0.3) is 11.3 Å². The predicted octanol–water partition coefficient (Wildman–Crippen LogP) is 2.45. The van der Waals surface area contributed by atoms with Crippen molar-refractivity contribution in [3.8, 4) is 17.0 Å². The fourth-order valence-corrected chi connectivity index (χ4v) is 2.70. The van der Waals surface area contributed by atoms with Gasteiger partial charge < -0.3 is 9.84 Å². The van der Waals surface area contributed by atoms with Crippen LogP contribution >= 0.6 is 11.3 Å². The molecule has 1 aromatic heterocycles. The number of benzene rings is 1. The van der Waals surface area contributed by atoms with Gasteiger partial charge in [0.15, 0.2) is 0 Å². The standard InChI is InChI=1S/C14H15NO4S/c1-2-19-12-6-4-3-5-10(12)11-9-20-14(18)15(11)8-7-13(16)17/h3-6,9H,2,7-8H2,1H3,(H,16,17). The van der Waals surface area contributed by atoms with E-state index < -0.39 is 5.97 Å². The highest BCUT2D eigenvalue weighted by Gasteiger charge is 2.13. The molecule has 2 aromatic rings. The smallest absolute Gasteiger partial charge is 0.307 e. The van der Waals surface area contributed by atoms with Crippen molar-refractivity contribution in [2.45, 2.75) is 19.9 Å². The molecule has 0 aliphatic rings. The highest BCUT2D eigenvalue weighted by molar-refractivity contribution is 7.07. The summed E-state index contributed by atoms with van der Waals surface area (Å²) in [7, 11) is 0. The summed E-state index contributed by atoms with van der Waals surface area (Å²) in [5, 5.41) is 10.5. The lowest BCUT2D eigenvalue weighted by atomic mass is 10.1. The Balaban J connectivity index is 2.43. The van der Waals surface area contributed by atoms with Crippen molar-refractivity contribution in [1.29, 1.82) is 0 Å². The van der Waals surface area contributed by atoms with Gasteiger partial charge in [-0.15, -0.1) is 0 Å². The van der Waals surface area contributed by atoms with Crippen LogP contribution in [-0.2, 0) is 11.3 Å². The van der Waals surface area contributed by atoms with Gasteiger partial charge in [-0.3, -0.25) is 14.2 Å². The molecule has 1 aromatic carbocycles. The van der Waals surface area contributed by atoms with E-state index in [1.165, 1.54) is 4.57 Å². The second kappa shape index (κ2) is 6.38. The first-order valence-electron chi connectivity index (χ1n) is 6.25. The van der Waals surface area contributed by atoms with E-state index in [9.17, 15) is 9.59 Å². The third-order valence-corrected chi connectivity index (χ3v) is 3.56. The van der Waals surface area contributed by atoms with Crippen LogP contribution in [0.5, 0.6) is 5.75 Å². The van der Waals surface area contributed by atoms with Crippen LogP contribution in [0.4, 0.5) is 0 Å². The van der Waals surface area contributed by atoms with Crippen molar-refractivity contribution in [2.75, 3.05) is 6.61 Å². The van der Waals surface area contributed by atoms with Crippen LogP contribution < -0.4 is 9.61 Å². The van der Waals surface area contributed by atoms with Crippen LogP contribution in [-0.4, -0.2) is 22.2 Å². The molecule has 106 valence electrons. The van der Waals surface area contributed by atoms with Crippen LogP contribution in [0.2, 0.25) is 0 Å². The molecule has 1 heterocycles. The number of hydrogen-bond acceptors (Lipinski definition) is 4. The molecule has 0 amide bonds. The largest absolute Gasteiger partial charge is 0.493 e. The Bertz CT molecular complexity index is 659. The molecular formula is C14H15NO4S. The molecule has 6 heteroatoms. The number of rotatable bonds is 6. The number of hydrogen-bond donors (Lipinski definition) is 1. The van der Waals surface area contributed by atoms with Crippen LogP contribution in [0.15, 0.2) is 34.4 Å². The van der Waals surface area contributed by atoms with Gasteiger partial charge in [0.25, 0.3) is 0 Å². The Morgan fingerprint density at radius 3 is 2.85 bits per heavy atom. The zero-order chi connectivity index (χ0) is 14.5. The zero-order valence-electron chi connectivity index (χ0n) is 11.0. The van der Waals surface area contributed by atoms with E-state index in [0.717, 1.165) is 16.9 Å². The molecule has 0 unspecified atom stereocenters. The van der Waals surface area contributed by atoms with E-state index >= 15 is 0 Å². The number of para-hydroxylation sites is 1. The molecule has 0 bridgehead atoms. The lowest BCUT2D eigenvalue weighted by Gasteiger charge is -2.11. The summed E-state index contributed by atoms with van der Waals surface area (Å²) < 4.78 is 7.04. The molecular weight excluding hydrogens is 278 g/mol. The number of aliphatic carboxylic acids is 1. The van der Waals surface area contributed by atoms with Gasteiger partial charge in [0, 0.05) is 17.5 Å². The average molecular weight is 293 g/mol. The molecule has 0 fully saturated rings. The maximum absolute atomic E-state index is 11.8. The van der Waals surface area contributed by atoms with Gasteiger partial charge in [-0.1, -0.05) is 23.5 Å². The average Bonchev–Trinajstić information content (AvgIpc) is 2.78. The molecule has 0 atom stereocenters. The Morgan fingerprint density at radius 1 is 1.40 bits per heavy atom. The highest BCUT2D eigenvalue weighted by atomic mass is 32.1. The maximum Gasteiger partial charge on any atom is 0.307 e. The fourth-order valence-electron chi connectivity index (χ4n) is 1.92. The minimum Gasteiger partial charge on any atom is -0.493 e. The first kappa shape index (κ1) is 14.3. The number of carboxylic acids is 1. The Labute approximate surface area is 120 Å². The molecule has 1 N–H and O–H groups in total. The summed E-state index contributed by atoms with van der Waals surface area (Å²) in [6.07, 6.45) is -0.0829. The molecule has 0 saturated carbocycles. The van der Waals surface area contributed by atoms with Gasteiger partial charge >= 0.3 is 10.8 Å². The molecule has 5 nitrogen and oxygen atoms in total. The van der Waals surface area contributed by atoms with Crippen molar-refractivity contribution in [2.24, 2.45) is 0 Å². The third-order valence-electron chi connectivity index (χ3n) is 2.79. The predicted molar refractivity (Wildman–Crippen MR) is 77.4 cm³/mol. The normalized spacial score (nSPS) is 10.4. The van der Waals surface area contributed by atoms with E-state index in [2.05, 4.69) is 0 Å². The van der Waals surface area contributed by atoms with Crippen molar-refractivity contribution < 1.29 is 14.6 Å². The van der Waals surface area contributed by atoms with E-state index in [1.54, 1.807) is 5.38 Å². The third kappa shape index (κ3) is 3.08. The molecule has 0 spiro atoms. The number of carbonyl (C=O) groups is 1. The van der Waals surface area contributed by atoms with Crippen molar-refractivity contribution in [1.82, 2.24) is 4.57 Å². The number of nitrogens with zero attached hydrogens (tertiary/aromatic N) is 1. The molecule has 0 saturated heterocycles. The Hall–Kier alpha value is -2.08. The lowest BCUT2D eigenvalue weighted by Crippen LogP contribution is -2.16. The molecule has 0 aliphatic heterocycles. The number of aromatic nitrogens is 1. The summed E-state index contributed by atoms with van der Waals surface area (Å²) in [6, 6.07) is 7.42. The number of ether oxygens (including phenoxy) is 1. The van der Waals surface area contributed by atoms with E-state index in [0.29, 0.717) is 18.1 Å². The van der Waals surface area contributed by atoms with Crippen LogP contribution in [0, 0.1) is 0 Å². The summed E-state index contributed by atoms with van der Waals surface area (Å²) in [5.41, 5.74) is 1.50. The van der Waals surface area contributed by atoms with E-state index in [1.807, 2.05) is 31.2 Å². The number of carboxylic acid groups (broad SMARTS) is 1. The van der Waals surface area contributed by atoms with Gasteiger partial charge in [0.2, 0.25) is 0 Å². The van der Waals surface area contributed by atoms with Crippen molar-refractivity contribution in [3.05, 3.63) is 39.3 Å². The SMILES string of the molecule is CCOc1ccccc1-c1csc(=O)n1CCC(=O)O. The maximum atomic E-state index is 11.8. The van der Waals surface area contributed by atoms with E-state index in [-0.39, 0.29) is 17.8 Å². The van der Waals surface area contributed by atoms with Crippen LogP contribution in [0.3, 0.4) is 0 Å². The quantitative estimate of drug-likeness (QED) is 0.888. The first-order valence-corrected chi connectivity index (χ1v) is 7.13. The first-order chi connectivity index (χ1) is 9.63. The molecule has 2 rings (SSSR count). The van der Waals surface area contributed by atoms with Crippen molar-refractivity contribution in [3.63, 3.8) is 0 Å².